The van der Waals surface area contributed by atoms with Gasteiger partial charge in [-0.2, -0.15) is 0 Å². The SMILES string of the molecule is C[C@@H](N[C@H]1CC[C@@H](c2ccc(Br)cc2)C1)c1cccc2ccccc12. The van der Waals surface area contributed by atoms with Crippen molar-refractivity contribution >= 4 is 26.7 Å². The standard InChI is InChI=1S/C23H24BrN/c1-16(22-8-4-6-18-5-2-3-7-23(18)22)25-21-14-11-19(15-21)17-9-12-20(24)13-10-17/h2-10,12-13,16,19,21,25H,11,14-15H2,1H3/t16-,19-,21+/m1/s1. The van der Waals surface area contributed by atoms with Gasteiger partial charge in [-0.1, -0.05) is 70.5 Å². The van der Waals surface area contributed by atoms with Crippen molar-refractivity contribution in [3.8, 4) is 0 Å². The number of rotatable bonds is 4. The van der Waals surface area contributed by atoms with Crippen LogP contribution in [0.25, 0.3) is 10.8 Å². The first-order valence-electron chi connectivity index (χ1n) is 9.20. The van der Waals surface area contributed by atoms with Gasteiger partial charge < -0.3 is 5.32 Å². The van der Waals surface area contributed by atoms with Crippen LogP contribution in [0.15, 0.2) is 71.2 Å². The Bertz CT molecular complexity index is 850. The highest BCUT2D eigenvalue weighted by molar-refractivity contribution is 9.10. The first-order chi connectivity index (χ1) is 12.2. The molecular weight excluding hydrogens is 370 g/mol. The summed E-state index contributed by atoms with van der Waals surface area (Å²) in [4.78, 5) is 0. The van der Waals surface area contributed by atoms with Gasteiger partial charge in [0.25, 0.3) is 0 Å². The van der Waals surface area contributed by atoms with Crippen LogP contribution in [0.1, 0.15) is 49.3 Å². The molecule has 0 aliphatic heterocycles. The summed E-state index contributed by atoms with van der Waals surface area (Å²) in [6, 6.07) is 25.2. The van der Waals surface area contributed by atoms with Crippen molar-refractivity contribution in [1.82, 2.24) is 5.32 Å². The second-order valence-electron chi connectivity index (χ2n) is 7.22. The third-order valence-electron chi connectivity index (χ3n) is 5.55. The molecule has 0 saturated heterocycles. The Kier molecular flexibility index (Phi) is 4.91. The minimum absolute atomic E-state index is 0.375. The maximum absolute atomic E-state index is 3.89. The summed E-state index contributed by atoms with van der Waals surface area (Å²) in [5.41, 5.74) is 2.88. The molecular formula is C23H24BrN. The van der Waals surface area contributed by atoms with Crippen molar-refractivity contribution in [2.45, 2.75) is 44.2 Å². The summed E-state index contributed by atoms with van der Waals surface area (Å²) in [6.07, 6.45) is 3.77. The number of fused-ring (bicyclic) bond motifs is 1. The molecule has 0 aromatic heterocycles. The third-order valence-corrected chi connectivity index (χ3v) is 6.08. The molecule has 2 heteroatoms. The van der Waals surface area contributed by atoms with Gasteiger partial charge in [-0.3, -0.25) is 0 Å². The van der Waals surface area contributed by atoms with Gasteiger partial charge in [0.15, 0.2) is 0 Å². The average Bonchev–Trinajstić information content (AvgIpc) is 3.10. The van der Waals surface area contributed by atoms with E-state index in [2.05, 4.69) is 94.9 Å². The highest BCUT2D eigenvalue weighted by Gasteiger charge is 2.27. The summed E-state index contributed by atoms with van der Waals surface area (Å²) in [6.45, 7) is 2.30. The fourth-order valence-corrected chi connectivity index (χ4v) is 4.51. The number of hydrogen-bond acceptors (Lipinski definition) is 1. The molecule has 3 atom stereocenters. The lowest BCUT2D eigenvalue weighted by Crippen LogP contribution is -2.29. The molecule has 3 aromatic carbocycles. The molecule has 0 spiro atoms. The normalized spacial score (nSPS) is 21.5. The lowest BCUT2D eigenvalue weighted by Gasteiger charge is -2.21. The Morgan fingerprint density at radius 3 is 2.52 bits per heavy atom. The minimum atomic E-state index is 0.375. The molecule has 1 fully saturated rings. The average molecular weight is 394 g/mol. The van der Waals surface area contributed by atoms with Gasteiger partial charge in [-0.15, -0.1) is 0 Å². The van der Waals surface area contributed by atoms with E-state index >= 15 is 0 Å². The zero-order chi connectivity index (χ0) is 17.2. The van der Waals surface area contributed by atoms with Gasteiger partial charge in [0.2, 0.25) is 0 Å². The Morgan fingerprint density at radius 1 is 0.920 bits per heavy atom. The van der Waals surface area contributed by atoms with E-state index in [1.807, 2.05) is 0 Å². The summed E-state index contributed by atoms with van der Waals surface area (Å²) in [5.74, 6) is 0.685. The zero-order valence-corrected chi connectivity index (χ0v) is 16.2. The van der Waals surface area contributed by atoms with Crippen molar-refractivity contribution in [3.63, 3.8) is 0 Å². The molecule has 4 rings (SSSR count). The lowest BCUT2D eigenvalue weighted by atomic mass is 9.97. The Morgan fingerprint density at radius 2 is 1.68 bits per heavy atom. The Hall–Kier alpha value is -1.64. The molecule has 0 amide bonds. The first-order valence-corrected chi connectivity index (χ1v) is 9.99. The van der Waals surface area contributed by atoms with E-state index in [1.165, 1.54) is 41.2 Å². The van der Waals surface area contributed by atoms with Gasteiger partial charge in [-0.05, 0) is 66.1 Å². The van der Waals surface area contributed by atoms with Crippen LogP contribution >= 0.6 is 15.9 Å². The highest BCUT2D eigenvalue weighted by Crippen LogP contribution is 2.36. The van der Waals surface area contributed by atoms with Gasteiger partial charge in [0, 0.05) is 16.6 Å². The molecule has 1 aliphatic rings. The predicted octanol–water partition coefficient (Wildman–Crippen LogP) is 6.59. The van der Waals surface area contributed by atoms with Gasteiger partial charge in [-0.25, -0.2) is 0 Å². The number of halogens is 1. The molecule has 1 aliphatic carbocycles. The third kappa shape index (κ3) is 3.65. The van der Waals surface area contributed by atoms with Crippen LogP contribution in [0.5, 0.6) is 0 Å². The largest absolute Gasteiger partial charge is 0.307 e. The zero-order valence-electron chi connectivity index (χ0n) is 14.6. The number of benzene rings is 3. The van der Waals surface area contributed by atoms with Crippen LogP contribution in [0, 0.1) is 0 Å². The summed E-state index contributed by atoms with van der Waals surface area (Å²) >= 11 is 3.53. The topological polar surface area (TPSA) is 12.0 Å². The van der Waals surface area contributed by atoms with Crippen molar-refractivity contribution in [1.29, 1.82) is 0 Å². The fourth-order valence-electron chi connectivity index (χ4n) is 4.24. The second kappa shape index (κ2) is 7.31. The fraction of sp³-hybridized carbons (Fsp3) is 0.304. The number of nitrogens with one attached hydrogen (secondary N) is 1. The van der Waals surface area contributed by atoms with Crippen LogP contribution in [0.2, 0.25) is 0 Å². The molecule has 0 unspecified atom stereocenters. The van der Waals surface area contributed by atoms with E-state index in [4.69, 9.17) is 0 Å². The van der Waals surface area contributed by atoms with Crippen LogP contribution in [0.4, 0.5) is 0 Å². The van der Waals surface area contributed by atoms with Crippen LogP contribution in [-0.4, -0.2) is 6.04 Å². The number of hydrogen-bond donors (Lipinski definition) is 1. The Labute approximate surface area is 158 Å². The maximum atomic E-state index is 3.89. The predicted molar refractivity (Wildman–Crippen MR) is 110 cm³/mol. The van der Waals surface area contributed by atoms with Crippen molar-refractivity contribution in [3.05, 3.63) is 82.3 Å². The molecule has 0 heterocycles. The molecule has 1 nitrogen and oxygen atoms in total. The molecule has 3 aromatic rings. The lowest BCUT2D eigenvalue weighted by molar-refractivity contribution is 0.459. The van der Waals surface area contributed by atoms with Crippen molar-refractivity contribution < 1.29 is 0 Å². The molecule has 1 saturated carbocycles. The molecule has 1 N–H and O–H groups in total. The van der Waals surface area contributed by atoms with Crippen LogP contribution in [-0.2, 0) is 0 Å². The first kappa shape index (κ1) is 16.8. The van der Waals surface area contributed by atoms with Gasteiger partial charge in [0.05, 0.1) is 0 Å². The van der Waals surface area contributed by atoms with Crippen LogP contribution < -0.4 is 5.32 Å². The van der Waals surface area contributed by atoms with E-state index in [0.717, 1.165) is 4.47 Å². The molecule has 128 valence electrons. The van der Waals surface area contributed by atoms with E-state index in [-0.39, 0.29) is 0 Å². The summed E-state index contributed by atoms with van der Waals surface area (Å²) in [7, 11) is 0. The summed E-state index contributed by atoms with van der Waals surface area (Å²) < 4.78 is 1.16. The molecule has 25 heavy (non-hydrogen) atoms. The Balaban J connectivity index is 1.46. The quantitative estimate of drug-likeness (QED) is 0.526. The van der Waals surface area contributed by atoms with Crippen molar-refractivity contribution in [2.75, 3.05) is 0 Å². The van der Waals surface area contributed by atoms with Crippen molar-refractivity contribution in [2.24, 2.45) is 0 Å². The minimum Gasteiger partial charge on any atom is -0.307 e. The van der Waals surface area contributed by atoms with Crippen LogP contribution in [0.3, 0.4) is 0 Å². The smallest absolute Gasteiger partial charge is 0.0300 e. The monoisotopic (exact) mass is 393 g/mol. The van der Waals surface area contributed by atoms with E-state index in [9.17, 15) is 0 Å². The molecule has 0 bridgehead atoms. The summed E-state index contributed by atoms with van der Waals surface area (Å²) in [5, 5.41) is 6.58. The molecule has 0 radical (unpaired) electrons. The van der Waals surface area contributed by atoms with E-state index < -0.39 is 0 Å². The second-order valence-corrected chi connectivity index (χ2v) is 8.13. The maximum Gasteiger partial charge on any atom is 0.0300 e. The van der Waals surface area contributed by atoms with E-state index in [0.29, 0.717) is 18.0 Å². The van der Waals surface area contributed by atoms with Gasteiger partial charge in [0.1, 0.15) is 0 Å². The highest BCUT2D eigenvalue weighted by atomic mass is 79.9. The van der Waals surface area contributed by atoms with E-state index in [1.54, 1.807) is 0 Å². The van der Waals surface area contributed by atoms with Gasteiger partial charge >= 0.3 is 0 Å².